The van der Waals surface area contributed by atoms with E-state index in [1.807, 2.05) is 0 Å². The lowest BCUT2D eigenvalue weighted by molar-refractivity contribution is 0.0846. The van der Waals surface area contributed by atoms with E-state index in [9.17, 15) is 0 Å². The molecule has 2 nitrogen and oxygen atoms in total. The van der Waals surface area contributed by atoms with Gasteiger partial charge in [-0.2, -0.15) is 0 Å². The fourth-order valence-corrected chi connectivity index (χ4v) is 2.90. The maximum atomic E-state index is 5.78. The van der Waals surface area contributed by atoms with Crippen molar-refractivity contribution in [2.75, 3.05) is 26.2 Å². The van der Waals surface area contributed by atoms with E-state index in [-0.39, 0.29) is 0 Å². The van der Waals surface area contributed by atoms with Crippen molar-refractivity contribution in [2.45, 2.75) is 52.9 Å². The molecule has 96 valence electrons. The summed E-state index contributed by atoms with van der Waals surface area (Å²) in [4.78, 5) is 2.63. The molecule has 16 heavy (non-hydrogen) atoms. The third kappa shape index (κ3) is 3.46. The Bertz CT molecular complexity index is 173. The van der Waals surface area contributed by atoms with Crippen LogP contribution in [0.1, 0.15) is 52.9 Å². The van der Waals surface area contributed by atoms with Crippen LogP contribution in [0.4, 0.5) is 0 Å². The number of piperidine rings is 1. The summed E-state index contributed by atoms with van der Waals surface area (Å²) in [6.45, 7) is 11.6. The summed E-state index contributed by atoms with van der Waals surface area (Å²) in [6.07, 6.45) is 6.71. The molecular weight excluding hydrogens is 196 g/mol. The zero-order valence-electron chi connectivity index (χ0n) is 11.5. The Morgan fingerprint density at radius 1 is 1.12 bits per heavy atom. The van der Waals surface area contributed by atoms with Crippen LogP contribution >= 0.6 is 0 Å². The number of rotatable bonds is 6. The summed E-state index contributed by atoms with van der Waals surface area (Å²) in [5.41, 5.74) is 6.43. The van der Waals surface area contributed by atoms with Gasteiger partial charge in [0.2, 0.25) is 0 Å². The summed E-state index contributed by atoms with van der Waals surface area (Å²) in [5, 5.41) is 0. The summed E-state index contributed by atoms with van der Waals surface area (Å²) >= 11 is 0. The van der Waals surface area contributed by atoms with Gasteiger partial charge in [-0.05, 0) is 43.8 Å². The third-order valence-electron chi connectivity index (χ3n) is 4.84. The second kappa shape index (κ2) is 6.61. The zero-order valence-corrected chi connectivity index (χ0v) is 11.5. The first-order valence-electron chi connectivity index (χ1n) is 7.12. The molecule has 0 bridgehead atoms. The minimum absolute atomic E-state index is 0.654. The molecule has 1 rings (SSSR count). The monoisotopic (exact) mass is 226 g/mol. The number of likely N-dealkylation sites (tertiary alicyclic amines) is 1. The molecule has 0 aromatic heterocycles. The highest BCUT2D eigenvalue weighted by Crippen LogP contribution is 2.37. The van der Waals surface area contributed by atoms with Crippen LogP contribution in [0, 0.1) is 11.3 Å². The fourth-order valence-electron chi connectivity index (χ4n) is 2.90. The van der Waals surface area contributed by atoms with Gasteiger partial charge in [0.1, 0.15) is 0 Å². The maximum Gasteiger partial charge on any atom is 0.00216 e. The van der Waals surface area contributed by atoms with Crippen molar-refractivity contribution in [3.05, 3.63) is 0 Å². The maximum absolute atomic E-state index is 5.78. The van der Waals surface area contributed by atoms with Gasteiger partial charge < -0.3 is 10.6 Å². The van der Waals surface area contributed by atoms with E-state index in [4.69, 9.17) is 5.73 Å². The van der Waals surface area contributed by atoms with Gasteiger partial charge in [0, 0.05) is 6.54 Å². The number of nitrogens with two attached hydrogens (primary N) is 1. The summed E-state index contributed by atoms with van der Waals surface area (Å²) < 4.78 is 0. The van der Waals surface area contributed by atoms with Gasteiger partial charge in [0.25, 0.3) is 0 Å². The first kappa shape index (κ1) is 14.0. The lowest BCUT2D eigenvalue weighted by Crippen LogP contribution is -2.42. The molecule has 1 heterocycles. The van der Waals surface area contributed by atoms with Crippen molar-refractivity contribution in [1.82, 2.24) is 4.90 Å². The van der Waals surface area contributed by atoms with Gasteiger partial charge in [-0.15, -0.1) is 0 Å². The molecule has 1 fully saturated rings. The third-order valence-corrected chi connectivity index (χ3v) is 4.84. The first-order valence-corrected chi connectivity index (χ1v) is 7.12. The van der Waals surface area contributed by atoms with Crippen molar-refractivity contribution in [3.8, 4) is 0 Å². The van der Waals surface area contributed by atoms with Gasteiger partial charge in [0.05, 0.1) is 0 Å². The number of hydrogen-bond acceptors (Lipinski definition) is 2. The average Bonchev–Trinajstić information content (AvgIpc) is 2.37. The predicted molar refractivity (Wildman–Crippen MR) is 71.5 cm³/mol. The Balaban J connectivity index is 2.36. The van der Waals surface area contributed by atoms with E-state index in [2.05, 4.69) is 25.7 Å². The van der Waals surface area contributed by atoms with Crippen LogP contribution in [0.5, 0.6) is 0 Å². The van der Waals surface area contributed by atoms with Gasteiger partial charge in [-0.25, -0.2) is 0 Å². The van der Waals surface area contributed by atoms with E-state index in [1.54, 1.807) is 0 Å². The van der Waals surface area contributed by atoms with Crippen LogP contribution in [-0.4, -0.2) is 31.1 Å². The lowest BCUT2D eigenvalue weighted by atomic mass is 9.74. The van der Waals surface area contributed by atoms with Crippen molar-refractivity contribution >= 4 is 0 Å². The average molecular weight is 226 g/mol. The van der Waals surface area contributed by atoms with E-state index in [1.165, 1.54) is 51.7 Å². The molecule has 0 aromatic rings. The second-order valence-electron chi connectivity index (χ2n) is 5.52. The Labute approximate surface area is 102 Å². The van der Waals surface area contributed by atoms with E-state index < -0.39 is 0 Å². The summed E-state index contributed by atoms with van der Waals surface area (Å²) in [6, 6.07) is 0. The molecule has 2 N–H and O–H groups in total. The standard InChI is InChI=1S/C14H30N2/c1-4-13(11-15)12-16-9-7-14(5-2,6-3)8-10-16/h13H,4-12,15H2,1-3H3. The number of hydrogen-bond donors (Lipinski definition) is 1. The molecule has 0 aliphatic carbocycles. The largest absolute Gasteiger partial charge is 0.330 e. The molecular formula is C14H30N2. The molecule has 1 saturated heterocycles. The van der Waals surface area contributed by atoms with Crippen LogP contribution in [0.25, 0.3) is 0 Å². The number of nitrogens with zero attached hydrogens (tertiary/aromatic N) is 1. The van der Waals surface area contributed by atoms with Crippen LogP contribution in [0.3, 0.4) is 0 Å². The van der Waals surface area contributed by atoms with Crippen molar-refractivity contribution in [2.24, 2.45) is 17.1 Å². The van der Waals surface area contributed by atoms with Gasteiger partial charge in [0.15, 0.2) is 0 Å². The molecule has 1 atom stereocenters. The quantitative estimate of drug-likeness (QED) is 0.754. The zero-order chi connectivity index (χ0) is 12.0. The Kier molecular flexibility index (Phi) is 5.77. The van der Waals surface area contributed by atoms with Gasteiger partial charge in [-0.3, -0.25) is 0 Å². The summed E-state index contributed by atoms with van der Waals surface area (Å²) in [5.74, 6) is 0.704. The normalized spacial score (nSPS) is 23.2. The second-order valence-corrected chi connectivity index (χ2v) is 5.52. The Hall–Kier alpha value is -0.0800. The minimum atomic E-state index is 0.654. The molecule has 1 aliphatic rings. The molecule has 0 spiro atoms. The van der Waals surface area contributed by atoms with E-state index >= 15 is 0 Å². The Morgan fingerprint density at radius 3 is 2.06 bits per heavy atom. The highest BCUT2D eigenvalue weighted by molar-refractivity contribution is 4.84. The highest BCUT2D eigenvalue weighted by Gasteiger charge is 2.31. The van der Waals surface area contributed by atoms with Crippen LogP contribution in [0.2, 0.25) is 0 Å². The van der Waals surface area contributed by atoms with Crippen LogP contribution < -0.4 is 5.73 Å². The molecule has 0 aromatic carbocycles. The lowest BCUT2D eigenvalue weighted by Gasteiger charge is -2.42. The molecule has 0 amide bonds. The molecule has 1 unspecified atom stereocenters. The minimum Gasteiger partial charge on any atom is -0.330 e. The van der Waals surface area contributed by atoms with Crippen LogP contribution in [-0.2, 0) is 0 Å². The fraction of sp³-hybridized carbons (Fsp3) is 1.00. The molecule has 2 heteroatoms. The highest BCUT2D eigenvalue weighted by atomic mass is 15.1. The van der Waals surface area contributed by atoms with Crippen molar-refractivity contribution < 1.29 is 0 Å². The van der Waals surface area contributed by atoms with Crippen LogP contribution in [0.15, 0.2) is 0 Å². The van der Waals surface area contributed by atoms with Gasteiger partial charge >= 0.3 is 0 Å². The van der Waals surface area contributed by atoms with Crippen molar-refractivity contribution in [3.63, 3.8) is 0 Å². The molecule has 1 aliphatic heterocycles. The smallest absolute Gasteiger partial charge is 0.00216 e. The van der Waals surface area contributed by atoms with Crippen molar-refractivity contribution in [1.29, 1.82) is 0 Å². The summed E-state index contributed by atoms with van der Waals surface area (Å²) in [7, 11) is 0. The molecule has 0 saturated carbocycles. The van der Waals surface area contributed by atoms with E-state index in [0.29, 0.717) is 11.3 Å². The molecule has 0 radical (unpaired) electrons. The predicted octanol–water partition coefficient (Wildman–Crippen LogP) is 2.87. The topological polar surface area (TPSA) is 29.3 Å². The van der Waals surface area contributed by atoms with Gasteiger partial charge in [-0.1, -0.05) is 40.0 Å². The Morgan fingerprint density at radius 2 is 1.69 bits per heavy atom. The van der Waals surface area contributed by atoms with E-state index in [0.717, 1.165) is 6.54 Å². The first-order chi connectivity index (χ1) is 7.69. The SMILES string of the molecule is CCC(CN)CN1CCC(CC)(CC)CC1.